The van der Waals surface area contributed by atoms with Gasteiger partial charge in [0.1, 0.15) is 5.70 Å². The third kappa shape index (κ3) is 3.47. The molecule has 0 N–H and O–H groups in total. The molecule has 0 bridgehead atoms. The lowest BCUT2D eigenvalue weighted by atomic mass is 9.97. The Morgan fingerprint density at radius 1 is 0.893 bits per heavy atom. The van der Waals surface area contributed by atoms with Crippen LogP contribution in [0.15, 0.2) is 60.3 Å². The molecule has 2 aliphatic heterocycles. The number of hydrogen-bond acceptors (Lipinski definition) is 3. The predicted octanol–water partition coefficient (Wildman–Crippen LogP) is 4.01. The van der Waals surface area contributed by atoms with Crippen molar-refractivity contribution in [3.05, 3.63) is 77.0 Å². The van der Waals surface area contributed by atoms with Gasteiger partial charge in [0.15, 0.2) is 0 Å². The summed E-state index contributed by atoms with van der Waals surface area (Å²) in [4.78, 5) is 30.2. The molecule has 2 heterocycles. The zero-order valence-electron chi connectivity index (χ0n) is 16.5. The number of hydrogen-bond donors (Lipinski definition) is 0. The molecular weight excluding hydrogens is 348 g/mol. The van der Waals surface area contributed by atoms with Gasteiger partial charge >= 0.3 is 0 Å². The number of aryl methyl sites for hydroxylation is 1. The highest BCUT2D eigenvalue weighted by atomic mass is 16.2. The second kappa shape index (κ2) is 7.63. The number of rotatable bonds is 4. The monoisotopic (exact) mass is 374 g/mol. The van der Waals surface area contributed by atoms with E-state index in [2.05, 4.69) is 11.8 Å². The molecule has 0 spiro atoms. The Morgan fingerprint density at radius 3 is 2.18 bits per heavy atom. The first-order chi connectivity index (χ1) is 13.5. The van der Waals surface area contributed by atoms with Gasteiger partial charge in [0.2, 0.25) is 0 Å². The van der Waals surface area contributed by atoms with E-state index in [1.54, 1.807) is 0 Å². The Balaban J connectivity index is 1.70. The van der Waals surface area contributed by atoms with E-state index in [4.69, 9.17) is 0 Å². The van der Waals surface area contributed by atoms with Crippen LogP contribution in [0.5, 0.6) is 0 Å². The number of piperidine rings is 1. The molecule has 4 heteroatoms. The van der Waals surface area contributed by atoms with Crippen molar-refractivity contribution < 1.29 is 9.59 Å². The van der Waals surface area contributed by atoms with E-state index in [1.165, 1.54) is 4.90 Å². The summed E-state index contributed by atoms with van der Waals surface area (Å²) in [6.45, 7) is 6.23. The van der Waals surface area contributed by atoms with Gasteiger partial charge < -0.3 is 4.90 Å². The summed E-state index contributed by atoms with van der Waals surface area (Å²) in [7, 11) is 0. The van der Waals surface area contributed by atoms with Crippen molar-refractivity contribution in [2.45, 2.75) is 33.2 Å². The van der Waals surface area contributed by atoms with Gasteiger partial charge in [0, 0.05) is 13.1 Å². The maximum absolute atomic E-state index is 13.4. The minimum absolute atomic E-state index is 0.168. The first-order valence-electron chi connectivity index (χ1n) is 10.0. The van der Waals surface area contributed by atoms with Gasteiger partial charge in [-0.3, -0.25) is 14.5 Å². The lowest BCUT2D eigenvalue weighted by Crippen LogP contribution is -2.38. The van der Waals surface area contributed by atoms with Crippen molar-refractivity contribution in [3.8, 4) is 0 Å². The molecule has 2 aliphatic rings. The molecule has 144 valence electrons. The number of imide groups is 1. The molecule has 0 aliphatic carbocycles. The van der Waals surface area contributed by atoms with Crippen molar-refractivity contribution in [2.75, 3.05) is 13.1 Å². The molecule has 1 fully saturated rings. The maximum atomic E-state index is 13.4. The Morgan fingerprint density at radius 2 is 1.54 bits per heavy atom. The fourth-order valence-corrected chi connectivity index (χ4v) is 3.97. The number of nitrogens with zero attached hydrogens (tertiary/aromatic N) is 2. The van der Waals surface area contributed by atoms with Gasteiger partial charge in [-0.15, -0.1) is 0 Å². The molecule has 0 unspecified atom stereocenters. The highest BCUT2D eigenvalue weighted by molar-refractivity contribution is 6.35. The minimum Gasteiger partial charge on any atom is -0.366 e. The summed E-state index contributed by atoms with van der Waals surface area (Å²) in [5.41, 5.74) is 4.07. The van der Waals surface area contributed by atoms with Crippen LogP contribution in [0.3, 0.4) is 0 Å². The molecule has 2 aromatic carbocycles. The highest BCUT2D eigenvalue weighted by Gasteiger charge is 2.41. The van der Waals surface area contributed by atoms with E-state index in [0.717, 1.165) is 42.6 Å². The summed E-state index contributed by atoms with van der Waals surface area (Å²) in [5.74, 6) is 0.303. The highest BCUT2D eigenvalue weighted by Crippen LogP contribution is 2.34. The van der Waals surface area contributed by atoms with E-state index < -0.39 is 0 Å². The van der Waals surface area contributed by atoms with Gasteiger partial charge in [-0.2, -0.15) is 0 Å². The van der Waals surface area contributed by atoms with Crippen LogP contribution in [0.4, 0.5) is 0 Å². The zero-order chi connectivity index (χ0) is 19.7. The number of carbonyl (C=O) groups is 2. The molecule has 4 rings (SSSR count). The quantitative estimate of drug-likeness (QED) is 0.760. The van der Waals surface area contributed by atoms with Crippen molar-refractivity contribution >= 4 is 17.4 Å². The molecule has 0 radical (unpaired) electrons. The Labute approximate surface area is 166 Å². The first kappa shape index (κ1) is 18.5. The summed E-state index contributed by atoms with van der Waals surface area (Å²) >= 11 is 0. The minimum atomic E-state index is -0.189. The third-order valence-electron chi connectivity index (χ3n) is 5.77. The SMILES string of the molecule is Cc1ccc(CN2C(=O)C(c3ccccc3)=C(N3CCC(C)CC3)C2=O)cc1. The van der Waals surface area contributed by atoms with Crippen LogP contribution < -0.4 is 0 Å². The molecule has 4 nitrogen and oxygen atoms in total. The molecule has 1 saturated heterocycles. The normalized spacial score (nSPS) is 18.4. The van der Waals surface area contributed by atoms with Gasteiger partial charge in [-0.1, -0.05) is 67.1 Å². The standard InChI is InChI=1S/C24H26N2O2/c1-17-8-10-19(11-9-17)16-26-23(27)21(20-6-4-3-5-7-20)22(24(26)28)25-14-12-18(2)13-15-25/h3-11,18H,12-16H2,1-2H3. The van der Waals surface area contributed by atoms with Crippen LogP contribution in [-0.4, -0.2) is 34.7 Å². The number of carbonyl (C=O) groups excluding carboxylic acids is 2. The van der Waals surface area contributed by atoms with Gasteiger partial charge in [-0.25, -0.2) is 0 Å². The van der Waals surface area contributed by atoms with Gasteiger partial charge in [0.05, 0.1) is 12.1 Å². The van der Waals surface area contributed by atoms with E-state index in [0.29, 0.717) is 23.7 Å². The summed E-state index contributed by atoms with van der Waals surface area (Å²) in [6, 6.07) is 17.6. The lowest BCUT2D eigenvalue weighted by Gasteiger charge is -2.32. The van der Waals surface area contributed by atoms with Crippen LogP contribution in [0.25, 0.3) is 5.57 Å². The van der Waals surface area contributed by atoms with Crippen LogP contribution in [0.1, 0.15) is 36.5 Å². The van der Waals surface area contributed by atoms with Crippen molar-refractivity contribution in [1.29, 1.82) is 0 Å². The molecule has 0 saturated carbocycles. The maximum Gasteiger partial charge on any atom is 0.278 e. The number of benzene rings is 2. The number of amides is 2. The van der Waals surface area contributed by atoms with Gasteiger partial charge in [0.25, 0.3) is 11.8 Å². The van der Waals surface area contributed by atoms with Crippen molar-refractivity contribution in [3.63, 3.8) is 0 Å². The second-order valence-corrected chi connectivity index (χ2v) is 7.94. The first-order valence-corrected chi connectivity index (χ1v) is 10.0. The predicted molar refractivity (Wildman–Crippen MR) is 110 cm³/mol. The Hall–Kier alpha value is -2.88. The molecule has 2 aromatic rings. The van der Waals surface area contributed by atoms with Crippen LogP contribution >= 0.6 is 0 Å². The average molecular weight is 374 g/mol. The fraction of sp³-hybridized carbons (Fsp3) is 0.333. The average Bonchev–Trinajstić information content (AvgIpc) is 2.95. The van der Waals surface area contributed by atoms with Gasteiger partial charge in [-0.05, 0) is 36.8 Å². The smallest absolute Gasteiger partial charge is 0.278 e. The number of likely N-dealkylation sites (tertiary alicyclic amines) is 1. The summed E-state index contributed by atoms with van der Waals surface area (Å²) in [5, 5.41) is 0. The molecule has 0 aromatic heterocycles. The largest absolute Gasteiger partial charge is 0.366 e. The van der Waals surface area contributed by atoms with E-state index in [-0.39, 0.29) is 11.8 Å². The van der Waals surface area contributed by atoms with Crippen molar-refractivity contribution in [2.24, 2.45) is 5.92 Å². The third-order valence-corrected chi connectivity index (χ3v) is 5.77. The zero-order valence-corrected chi connectivity index (χ0v) is 16.5. The van der Waals surface area contributed by atoms with Crippen molar-refractivity contribution in [1.82, 2.24) is 9.80 Å². The fourth-order valence-electron chi connectivity index (χ4n) is 3.97. The lowest BCUT2D eigenvalue weighted by molar-refractivity contribution is -0.138. The topological polar surface area (TPSA) is 40.6 Å². The van der Waals surface area contributed by atoms with E-state index in [9.17, 15) is 9.59 Å². The van der Waals surface area contributed by atoms with E-state index >= 15 is 0 Å². The molecule has 28 heavy (non-hydrogen) atoms. The second-order valence-electron chi connectivity index (χ2n) is 7.94. The van der Waals surface area contributed by atoms with Crippen LogP contribution in [-0.2, 0) is 16.1 Å². The molecule has 0 atom stereocenters. The van der Waals surface area contributed by atoms with E-state index in [1.807, 2.05) is 61.5 Å². The summed E-state index contributed by atoms with van der Waals surface area (Å²) < 4.78 is 0. The Kier molecular flexibility index (Phi) is 5.03. The van der Waals surface area contributed by atoms with Crippen LogP contribution in [0.2, 0.25) is 0 Å². The molecular formula is C24H26N2O2. The Bertz CT molecular complexity index is 907. The van der Waals surface area contributed by atoms with Crippen LogP contribution in [0, 0.1) is 12.8 Å². The summed E-state index contributed by atoms with van der Waals surface area (Å²) in [6.07, 6.45) is 2.09. The molecule has 2 amide bonds.